The van der Waals surface area contributed by atoms with E-state index in [0.29, 0.717) is 18.1 Å². The van der Waals surface area contributed by atoms with E-state index in [1.54, 1.807) is 6.08 Å². The lowest BCUT2D eigenvalue weighted by atomic mass is 10.2. The molecule has 0 heterocycles. The molecule has 0 rings (SSSR count). The van der Waals surface area contributed by atoms with Gasteiger partial charge in [-0.25, -0.2) is 0 Å². The molecule has 0 spiro atoms. The van der Waals surface area contributed by atoms with Crippen molar-refractivity contribution in [1.82, 2.24) is 4.90 Å². The average Bonchev–Trinajstić information content (AvgIpc) is 2.20. The first kappa shape index (κ1) is 17.4. The molecule has 3 heteroatoms. The average molecular weight is 241 g/mol. The number of halogens is 1. The molecule has 0 amide bonds. The fraction of sp³-hybridized carbons (Fsp3) is 0.462. The van der Waals surface area contributed by atoms with E-state index >= 15 is 0 Å². The number of rotatable bonds is 5. The molecule has 0 bridgehead atoms. The third-order valence-electron chi connectivity index (χ3n) is 1.52. The smallest absolute Gasteiger partial charge is 0.0866 e. The van der Waals surface area contributed by atoms with Gasteiger partial charge in [0.1, 0.15) is 0 Å². The molecule has 0 saturated carbocycles. The molecule has 0 radical (unpaired) electrons. The number of nitrogens with zero attached hydrogens (tertiary/aromatic N) is 2. The highest BCUT2D eigenvalue weighted by Gasteiger charge is 1.99. The summed E-state index contributed by atoms with van der Waals surface area (Å²) < 4.78 is 0. The minimum absolute atomic E-state index is 0.406. The van der Waals surface area contributed by atoms with Gasteiger partial charge in [0.05, 0.1) is 12.6 Å². The molecular formula is C13H21ClN2. The highest BCUT2D eigenvalue weighted by Crippen LogP contribution is 2.07. The van der Waals surface area contributed by atoms with Crippen LogP contribution in [0.1, 0.15) is 20.8 Å². The van der Waals surface area contributed by atoms with Gasteiger partial charge in [-0.05, 0) is 25.6 Å². The van der Waals surface area contributed by atoms with Crippen molar-refractivity contribution in [2.75, 3.05) is 20.1 Å². The zero-order valence-electron chi connectivity index (χ0n) is 10.6. The zero-order chi connectivity index (χ0) is 13.0. The Morgan fingerprint density at radius 2 is 2.06 bits per heavy atom. The lowest BCUT2D eigenvalue weighted by Crippen LogP contribution is -2.20. The van der Waals surface area contributed by atoms with Crippen LogP contribution in [0.15, 0.2) is 35.4 Å². The van der Waals surface area contributed by atoms with Crippen LogP contribution < -0.4 is 0 Å². The standard InChI is InChI=1S/C11H15ClN2.C2H6/c1-4-5-11(8-10(2)12)9-14(3)7-6-13;1-2/h4-5,8H,2,7,9H2,1,3H3;1-2H3/b5-4-,11-8+;. The molecule has 0 aromatic carbocycles. The molecule has 0 aliphatic rings. The first-order chi connectivity index (χ1) is 7.60. The Bertz CT molecular complexity index is 285. The van der Waals surface area contributed by atoms with E-state index in [0.717, 1.165) is 5.57 Å². The van der Waals surface area contributed by atoms with Crippen LogP contribution in [-0.2, 0) is 0 Å². The summed E-state index contributed by atoms with van der Waals surface area (Å²) in [5, 5.41) is 8.99. The maximum Gasteiger partial charge on any atom is 0.0866 e. The molecule has 90 valence electrons. The van der Waals surface area contributed by atoms with Crippen molar-refractivity contribution in [3.63, 3.8) is 0 Å². The van der Waals surface area contributed by atoms with Gasteiger partial charge in [-0.2, -0.15) is 5.26 Å². The molecule has 0 atom stereocenters. The number of allylic oxidation sites excluding steroid dienone is 3. The minimum atomic E-state index is 0.406. The minimum Gasteiger partial charge on any atom is -0.289 e. The van der Waals surface area contributed by atoms with Gasteiger partial charge in [0, 0.05) is 11.6 Å². The van der Waals surface area contributed by atoms with E-state index in [2.05, 4.69) is 12.6 Å². The molecule has 0 unspecified atom stereocenters. The molecule has 2 nitrogen and oxygen atoms in total. The Kier molecular flexibility index (Phi) is 13.1. The van der Waals surface area contributed by atoms with E-state index in [4.69, 9.17) is 16.9 Å². The monoisotopic (exact) mass is 240 g/mol. The summed E-state index contributed by atoms with van der Waals surface area (Å²) in [5.41, 5.74) is 1.05. The Morgan fingerprint density at radius 1 is 1.50 bits per heavy atom. The molecule has 0 aromatic rings. The van der Waals surface area contributed by atoms with E-state index in [1.807, 2.05) is 44.9 Å². The summed E-state index contributed by atoms with van der Waals surface area (Å²) in [7, 11) is 1.89. The summed E-state index contributed by atoms with van der Waals surface area (Å²) in [6.45, 7) is 10.6. The third kappa shape index (κ3) is 11.0. The van der Waals surface area contributed by atoms with Crippen molar-refractivity contribution in [3.8, 4) is 6.07 Å². The van der Waals surface area contributed by atoms with Crippen LogP contribution in [-0.4, -0.2) is 25.0 Å². The number of nitriles is 1. The van der Waals surface area contributed by atoms with Crippen molar-refractivity contribution in [3.05, 3.63) is 35.4 Å². The molecule has 0 fully saturated rings. The highest BCUT2D eigenvalue weighted by molar-refractivity contribution is 6.30. The quantitative estimate of drug-likeness (QED) is 0.541. The summed E-state index contributed by atoms with van der Waals surface area (Å²) in [4.78, 5) is 1.91. The Balaban J connectivity index is 0. The highest BCUT2D eigenvalue weighted by atomic mass is 35.5. The molecule has 0 saturated heterocycles. The fourth-order valence-corrected chi connectivity index (χ4v) is 1.19. The topological polar surface area (TPSA) is 27.0 Å². The molecule has 16 heavy (non-hydrogen) atoms. The molecule has 0 aromatic heterocycles. The van der Waals surface area contributed by atoms with Crippen molar-refractivity contribution in [2.24, 2.45) is 0 Å². The van der Waals surface area contributed by atoms with Gasteiger partial charge in [0.2, 0.25) is 0 Å². The van der Waals surface area contributed by atoms with E-state index in [9.17, 15) is 0 Å². The van der Waals surface area contributed by atoms with Crippen LogP contribution in [0.4, 0.5) is 0 Å². The van der Waals surface area contributed by atoms with Gasteiger partial charge in [-0.1, -0.05) is 44.2 Å². The van der Waals surface area contributed by atoms with Crippen LogP contribution in [0.5, 0.6) is 0 Å². The lowest BCUT2D eigenvalue weighted by Gasteiger charge is -2.12. The van der Waals surface area contributed by atoms with Crippen LogP contribution in [0.25, 0.3) is 0 Å². The van der Waals surface area contributed by atoms with E-state index in [1.165, 1.54) is 0 Å². The summed E-state index contributed by atoms with van der Waals surface area (Å²) in [6, 6.07) is 2.09. The largest absolute Gasteiger partial charge is 0.289 e. The maximum atomic E-state index is 8.49. The lowest BCUT2D eigenvalue weighted by molar-refractivity contribution is 0.410. The van der Waals surface area contributed by atoms with Crippen molar-refractivity contribution in [1.29, 1.82) is 5.26 Å². The predicted octanol–water partition coefficient (Wildman–Crippen LogP) is 3.72. The fourth-order valence-electron chi connectivity index (χ4n) is 1.05. The van der Waals surface area contributed by atoms with Gasteiger partial charge in [0.25, 0.3) is 0 Å². The zero-order valence-corrected chi connectivity index (χ0v) is 11.4. The maximum absolute atomic E-state index is 8.49. The van der Waals surface area contributed by atoms with Crippen molar-refractivity contribution in [2.45, 2.75) is 20.8 Å². The third-order valence-corrected chi connectivity index (χ3v) is 1.62. The number of hydrogen-bond acceptors (Lipinski definition) is 2. The van der Waals surface area contributed by atoms with E-state index < -0.39 is 0 Å². The Morgan fingerprint density at radius 3 is 2.44 bits per heavy atom. The van der Waals surface area contributed by atoms with Gasteiger partial charge in [-0.15, -0.1) is 0 Å². The van der Waals surface area contributed by atoms with Crippen LogP contribution in [0.3, 0.4) is 0 Å². The number of likely N-dealkylation sites (N-methyl/N-ethyl adjacent to an activating group) is 1. The predicted molar refractivity (Wildman–Crippen MR) is 72.3 cm³/mol. The molecule has 0 N–H and O–H groups in total. The molecule has 0 aliphatic heterocycles. The van der Waals surface area contributed by atoms with Crippen molar-refractivity contribution < 1.29 is 0 Å². The van der Waals surface area contributed by atoms with Crippen LogP contribution in [0.2, 0.25) is 0 Å². The van der Waals surface area contributed by atoms with Crippen LogP contribution >= 0.6 is 11.6 Å². The van der Waals surface area contributed by atoms with Crippen molar-refractivity contribution >= 4 is 11.6 Å². The molecule has 0 aliphatic carbocycles. The SMILES string of the molecule is C=C(Cl)/C=C(\C=C/C)CN(C)CC#N.CC. The van der Waals surface area contributed by atoms with Gasteiger partial charge in [0.15, 0.2) is 0 Å². The van der Waals surface area contributed by atoms with Gasteiger partial charge in [-0.3, -0.25) is 4.90 Å². The Hall–Kier alpha value is -1.04. The Labute approximate surface area is 105 Å². The second kappa shape index (κ2) is 12.0. The normalized spacial score (nSPS) is 10.9. The second-order valence-electron chi connectivity index (χ2n) is 3.00. The van der Waals surface area contributed by atoms with E-state index in [-0.39, 0.29) is 0 Å². The number of hydrogen-bond donors (Lipinski definition) is 0. The first-order valence-electron chi connectivity index (χ1n) is 5.33. The second-order valence-corrected chi connectivity index (χ2v) is 3.48. The van der Waals surface area contributed by atoms with Gasteiger partial charge >= 0.3 is 0 Å². The summed E-state index contributed by atoms with van der Waals surface area (Å²) >= 11 is 5.68. The van der Waals surface area contributed by atoms with Gasteiger partial charge < -0.3 is 0 Å². The first-order valence-corrected chi connectivity index (χ1v) is 5.71. The van der Waals surface area contributed by atoms with Crippen LogP contribution in [0, 0.1) is 11.3 Å². The summed E-state index contributed by atoms with van der Waals surface area (Å²) in [5.74, 6) is 0. The molecular weight excluding hydrogens is 220 g/mol. The summed E-state index contributed by atoms with van der Waals surface area (Å²) in [6.07, 6.45) is 5.70.